The fourth-order valence-corrected chi connectivity index (χ4v) is 10.7. The summed E-state index contributed by atoms with van der Waals surface area (Å²) >= 11 is 0. The number of aliphatic hydroxyl groups excluding tert-OH is 2. The lowest BCUT2D eigenvalue weighted by Crippen LogP contribution is -2.45. The Kier molecular flexibility index (Phi) is 61.9. The lowest BCUT2D eigenvalue weighted by atomic mass is 10.0. The monoisotopic (exact) mass is 1030 g/mol. The minimum absolute atomic E-state index is 0.0233. The van der Waals surface area contributed by atoms with Crippen molar-refractivity contribution in [2.24, 2.45) is 0 Å². The molecule has 0 aromatic heterocycles. The molecular formula is C67H131NO5. The third kappa shape index (κ3) is 59.7. The maximum Gasteiger partial charge on any atom is 0.305 e. The van der Waals surface area contributed by atoms with Gasteiger partial charge in [0.15, 0.2) is 0 Å². The largest absolute Gasteiger partial charge is 0.466 e. The molecule has 73 heavy (non-hydrogen) atoms. The Balaban J connectivity index is 3.31. The van der Waals surface area contributed by atoms with E-state index in [0.29, 0.717) is 19.4 Å². The average molecular weight is 1030 g/mol. The van der Waals surface area contributed by atoms with E-state index in [1.807, 2.05) is 6.08 Å². The van der Waals surface area contributed by atoms with Crippen LogP contribution in [0.15, 0.2) is 12.2 Å². The molecule has 2 atom stereocenters. The molecule has 0 aliphatic carbocycles. The van der Waals surface area contributed by atoms with Gasteiger partial charge in [-0.15, -0.1) is 0 Å². The molecule has 0 aliphatic rings. The first-order valence-corrected chi connectivity index (χ1v) is 33.5. The summed E-state index contributed by atoms with van der Waals surface area (Å²) in [6.45, 7) is 4.93. The van der Waals surface area contributed by atoms with E-state index >= 15 is 0 Å². The predicted molar refractivity (Wildman–Crippen MR) is 320 cm³/mol. The summed E-state index contributed by atoms with van der Waals surface area (Å²) in [6, 6.07) is -0.623. The predicted octanol–water partition coefficient (Wildman–Crippen LogP) is 21.2. The number of amides is 1. The van der Waals surface area contributed by atoms with Gasteiger partial charge in [-0.25, -0.2) is 0 Å². The molecule has 6 nitrogen and oxygen atoms in total. The quantitative estimate of drug-likeness (QED) is 0.0320. The van der Waals surface area contributed by atoms with Crippen molar-refractivity contribution < 1.29 is 24.5 Å². The Bertz CT molecular complexity index is 1100. The van der Waals surface area contributed by atoms with Crippen molar-refractivity contribution in [3.63, 3.8) is 0 Å². The van der Waals surface area contributed by atoms with Gasteiger partial charge in [0, 0.05) is 12.8 Å². The van der Waals surface area contributed by atoms with Crippen LogP contribution in [-0.2, 0) is 14.3 Å². The summed E-state index contributed by atoms with van der Waals surface area (Å²) in [6.07, 6.45) is 77.2. The van der Waals surface area contributed by atoms with E-state index in [-0.39, 0.29) is 18.5 Å². The highest BCUT2D eigenvalue weighted by Crippen LogP contribution is 2.19. The second kappa shape index (κ2) is 63.1. The minimum Gasteiger partial charge on any atom is -0.466 e. The molecule has 0 rings (SSSR count). The Morgan fingerprint density at radius 2 is 0.630 bits per heavy atom. The molecule has 0 radical (unpaired) electrons. The van der Waals surface area contributed by atoms with E-state index in [9.17, 15) is 19.8 Å². The van der Waals surface area contributed by atoms with E-state index in [1.165, 1.54) is 315 Å². The highest BCUT2D eigenvalue weighted by atomic mass is 16.5. The Morgan fingerprint density at radius 1 is 0.370 bits per heavy atom. The number of carbonyl (C=O) groups excluding carboxylic acids is 2. The fourth-order valence-electron chi connectivity index (χ4n) is 10.7. The van der Waals surface area contributed by atoms with Gasteiger partial charge in [0.2, 0.25) is 5.91 Å². The molecule has 6 heteroatoms. The molecule has 1 amide bonds. The van der Waals surface area contributed by atoms with E-state index in [4.69, 9.17) is 4.74 Å². The van der Waals surface area contributed by atoms with Crippen molar-refractivity contribution in [2.45, 2.75) is 392 Å². The molecular weight excluding hydrogens is 899 g/mol. The smallest absolute Gasteiger partial charge is 0.305 e. The summed E-state index contributed by atoms with van der Waals surface area (Å²) in [5.74, 6) is -0.0406. The summed E-state index contributed by atoms with van der Waals surface area (Å²) < 4.78 is 5.50. The van der Waals surface area contributed by atoms with Gasteiger partial charge >= 0.3 is 5.97 Å². The topological polar surface area (TPSA) is 95.9 Å². The van der Waals surface area contributed by atoms with Crippen LogP contribution in [0.3, 0.4) is 0 Å². The number of rotatable bonds is 63. The van der Waals surface area contributed by atoms with Gasteiger partial charge in [-0.1, -0.05) is 347 Å². The lowest BCUT2D eigenvalue weighted by molar-refractivity contribution is -0.143. The third-order valence-electron chi connectivity index (χ3n) is 15.8. The van der Waals surface area contributed by atoms with Crippen molar-refractivity contribution in [3.05, 3.63) is 12.2 Å². The first-order chi connectivity index (χ1) is 36.0. The van der Waals surface area contributed by atoms with Crippen molar-refractivity contribution in [3.8, 4) is 0 Å². The number of ether oxygens (including phenoxy) is 1. The standard InChI is InChI=1S/C67H131NO5/c1-3-5-7-9-11-13-15-16-17-34-37-41-45-49-53-57-61-67(72)73-62-58-54-50-46-42-38-35-32-30-28-26-24-22-20-18-19-21-23-25-27-29-31-33-36-40-44-48-52-56-60-66(71)68-64(63-69)65(70)59-55-51-47-43-39-14-12-10-8-6-4-2/h55,59,64-65,69-70H,3-54,56-58,60-63H2,1-2H3,(H,68,71)/b59-55+. The molecule has 2 unspecified atom stereocenters. The summed E-state index contributed by atoms with van der Waals surface area (Å²) in [5, 5.41) is 23.0. The van der Waals surface area contributed by atoms with Gasteiger partial charge in [-0.3, -0.25) is 9.59 Å². The van der Waals surface area contributed by atoms with Crippen LogP contribution in [0.4, 0.5) is 0 Å². The molecule has 0 saturated carbocycles. The van der Waals surface area contributed by atoms with Gasteiger partial charge in [0.25, 0.3) is 0 Å². The Labute approximate surface area is 457 Å². The number of unbranched alkanes of at least 4 members (excludes halogenated alkanes) is 52. The maximum atomic E-state index is 12.4. The van der Waals surface area contributed by atoms with Gasteiger partial charge in [-0.2, -0.15) is 0 Å². The van der Waals surface area contributed by atoms with E-state index in [2.05, 4.69) is 19.2 Å². The molecule has 0 fully saturated rings. The summed E-state index contributed by atoms with van der Waals surface area (Å²) in [7, 11) is 0. The minimum atomic E-state index is -0.839. The van der Waals surface area contributed by atoms with Gasteiger partial charge in [-0.05, 0) is 32.1 Å². The SMILES string of the molecule is CCCCCCCCCCC/C=C/C(O)C(CO)NC(=O)CCCCCCCCCCCCCCCCCCCCCCCCCCCCCCCOC(=O)CCCCCCCCCCCCCCCCCC. The summed E-state index contributed by atoms with van der Waals surface area (Å²) in [4.78, 5) is 24.5. The Morgan fingerprint density at radius 3 is 0.932 bits per heavy atom. The van der Waals surface area contributed by atoms with Crippen LogP contribution in [0.2, 0.25) is 0 Å². The molecule has 0 spiro atoms. The number of carbonyl (C=O) groups is 2. The van der Waals surface area contributed by atoms with Crippen LogP contribution in [0.1, 0.15) is 380 Å². The third-order valence-corrected chi connectivity index (χ3v) is 15.8. The van der Waals surface area contributed by atoms with Crippen LogP contribution in [0.25, 0.3) is 0 Å². The molecule has 0 heterocycles. The van der Waals surface area contributed by atoms with Crippen LogP contribution >= 0.6 is 0 Å². The van der Waals surface area contributed by atoms with E-state index in [0.717, 1.165) is 38.5 Å². The second-order valence-electron chi connectivity index (χ2n) is 23.2. The van der Waals surface area contributed by atoms with Crippen molar-refractivity contribution >= 4 is 11.9 Å². The summed E-state index contributed by atoms with van der Waals surface area (Å²) in [5.41, 5.74) is 0. The molecule has 0 bridgehead atoms. The average Bonchev–Trinajstić information content (AvgIpc) is 3.39. The van der Waals surface area contributed by atoms with Crippen LogP contribution < -0.4 is 5.32 Å². The number of aliphatic hydroxyl groups is 2. The zero-order valence-electron chi connectivity index (χ0n) is 49.6. The van der Waals surface area contributed by atoms with E-state index < -0.39 is 12.1 Å². The van der Waals surface area contributed by atoms with Crippen LogP contribution in [0, 0.1) is 0 Å². The lowest BCUT2D eigenvalue weighted by Gasteiger charge is -2.20. The van der Waals surface area contributed by atoms with Crippen molar-refractivity contribution in [1.29, 1.82) is 0 Å². The molecule has 0 aromatic rings. The number of allylic oxidation sites excluding steroid dienone is 1. The highest BCUT2D eigenvalue weighted by Gasteiger charge is 2.18. The maximum absolute atomic E-state index is 12.4. The second-order valence-corrected chi connectivity index (χ2v) is 23.2. The fraction of sp³-hybridized carbons (Fsp3) is 0.940. The number of hydrogen-bond donors (Lipinski definition) is 3. The number of nitrogens with one attached hydrogen (secondary N) is 1. The number of esters is 1. The van der Waals surface area contributed by atoms with E-state index in [1.54, 1.807) is 6.08 Å². The molecule has 434 valence electrons. The molecule has 0 saturated heterocycles. The Hall–Kier alpha value is -1.40. The van der Waals surface area contributed by atoms with Crippen LogP contribution in [-0.4, -0.2) is 47.4 Å². The molecule has 0 aromatic carbocycles. The first kappa shape index (κ1) is 71.6. The van der Waals surface area contributed by atoms with Gasteiger partial charge < -0.3 is 20.3 Å². The van der Waals surface area contributed by atoms with Gasteiger partial charge in [0.1, 0.15) is 0 Å². The first-order valence-electron chi connectivity index (χ1n) is 33.5. The highest BCUT2D eigenvalue weighted by molar-refractivity contribution is 5.76. The van der Waals surface area contributed by atoms with Crippen LogP contribution in [0.5, 0.6) is 0 Å². The molecule has 0 aliphatic heterocycles. The normalized spacial score (nSPS) is 12.5. The van der Waals surface area contributed by atoms with Crippen molar-refractivity contribution in [1.82, 2.24) is 5.32 Å². The van der Waals surface area contributed by atoms with Gasteiger partial charge in [0.05, 0.1) is 25.4 Å². The zero-order valence-corrected chi connectivity index (χ0v) is 49.6. The van der Waals surface area contributed by atoms with Crippen molar-refractivity contribution in [2.75, 3.05) is 13.2 Å². The number of hydrogen-bond acceptors (Lipinski definition) is 5. The molecule has 3 N–H and O–H groups in total. The zero-order chi connectivity index (χ0) is 52.9.